The van der Waals surface area contributed by atoms with Gasteiger partial charge in [-0.3, -0.25) is 37.3 Å². The number of carbonyl (C=O) groups is 4. The number of phosphoric acid groups is 2. The van der Waals surface area contributed by atoms with Gasteiger partial charge in [0.2, 0.25) is 0 Å². The van der Waals surface area contributed by atoms with Crippen molar-refractivity contribution in [3.8, 4) is 0 Å². The van der Waals surface area contributed by atoms with E-state index in [1.165, 1.54) is 263 Å². The third kappa shape index (κ3) is 79.3. The Labute approximate surface area is 664 Å². The first-order valence-corrected chi connectivity index (χ1v) is 48.8. The standard InChI is InChI=1S/C89H174O17P2/c1-9-81(7)67-59-51-42-36-30-23-19-15-11-13-17-21-25-32-38-44-53-61-69-86(91)99-75-84(105-88(93)71-63-55-45-39-33-26-22-18-14-12-16-20-24-31-37-43-52-60-68-82(8)10-2)77-103-107(95,96)101-73-83(90)74-102-108(97,98)104-78-85(76-100-87(92)70-62-54-48-47-50-58-66-80(5)6)106-89(94)72-64-56-46-40-34-28-27-29-35-41-49-57-65-79(3)4/h79-85,90H,9-78H2,1-8H3,(H,95,96)(H,97,98)/t81?,82?,83-,84-,85-/m1/s1. The van der Waals surface area contributed by atoms with Crippen LogP contribution in [0.4, 0.5) is 0 Å². The third-order valence-electron chi connectivity index (χ3n) is 21.5. The molecule has 0 aromatic carbocycles. The molecule has 4 unspecified atom stereocenters. The molecule has 0 heterocycles. The maximum atomic E-state index is 13.2. The molecule has 0 spiro atoms. The molecule has 17 nitrogen and oxygen atoms in total. The Bertz CT molecular complexity index is 2100. The normalized spacial score (nSPS) is 14.4. The lowest BCUT2D eigenvalue weighted by Crippen LogP contribution is -2.30. The van der Waals surface area contributed by atoms with E-state index in [1.54, 1.807) is 0 Å². The second-order valence-electron chi connectivity index (χ2n) is 33.4. The van der Waals surface area contributed by atoms with E-state index in [9.17, 15) is 43.2 Å². The van der Waals surface area contributed by atoms with Crippen molar-refractivity contribution in [1.29, 1.82) is 0 Å². The van der Waals surface area contributed by atoms with Crippen molar-refractivity contribution in [3.05, 3.63) is 0 Å². The number of aliphatic hydroxyl groups is 1. The predicted molar refractivity (Wildman–Crippen MR) is 446 cm³/mol. The molecule has 0 rings (SSSR count). The van der Waals surface area contributed by atoms with Crippen LogP contribution in [-0.2, 0) is 65.4 Å². The SMILES string of the molecule is CCC(C)CCCCCCCCCCCCCCCCCCCCC(=O)OC[C@H](COP(=O)(O)OC[C@@H](O)COP(=O)(O)OC[C@@H](COC(=O)CCCCCCCCC(C)C)OC(=O)CCCCCCCCCCCCCCC(C)C)OC(=O)CCCCCCCCCCCCCCCCCCCCC(C)CC. The number of phosphoric ester groups is 2. The summed E-state index contributed by atoms with van der Waals surface area (Å²) >= 11 is 0. The highest BCUT2D eigenvalue weighted by Gasteiger charge is 2.31. The summed E-state index contributed by atoms with van der Waals surface area (Å²) in [4.78, 5) is 73.2. The van der Waals surface area contributed by atoms with Gasteiger partial charge in [-0.1, -0.05) is 415 Å². The van der Waals surface area contributed by atoms with Gasteiger partial charge >= 0.3 is 39.5 Å². The van der Waals surface area contributed by atoms with Crippen molar-refractivity contribution in [1.82, 2.24) is 0 Å². The lowest BCUT2D eigenvalue weighted by molar-refractivity contribution is -0.161. The fourth-order valence-electron chi connectivity index (χ4n) is 13.8. The van der Waals surface area contributed by atoms with Crippen LogP contribution in [0, 0.1) is 23.7 Å². The van der Waals surface area contributed by atoms with E-state index in [4.69, 9.17) is 37.0 Å². The topological polar surface area (TPSA) is 237 Å². The Morgan fingerprint density at radius 3 is 0.657 bits per heavy atom. The average molecular weight is 1580 g/mol. The van der Waals surface area contributed by atoms with Crippen molar-refractivity contribution in [3.63, 3.8) is 0 Å². The van der Waals surface area contributed by atoms with Crippen LogP contribution in [0.1, 0.15) is 466 Å². The monoisotopic (exact) mass is 1580 g/mol. The minimum atomic E-state index is -4.97. The van der Waals surface area contributed by atoms with Crippen LogP contribution < -0.4 is 0 Å². The summed E-state index contributed by atoms with van der Waals surface area (Å²) in [6.07, 6.45) is 68.3. The van der Waals surface area contributed by atoms with Crippen LogP contribution in [0.15, 0.2) is 0 Å². The molecule has 642 valence electrons. The molecule has 0 saturated heterocycles. The first-order valence-electron chi connectivity index (χ1n) is 45.8. The number of aliphatic hydroxyl groups excluding tert-OH is 1. The highest BCUT2D eigenvalue weighted by atomic mass is 31.2. The third-order valence-corrected chi connectivity index (χ3v) is 23.4. The minimum absolute atomic E-state index is 0.106. The second-order valence-corrected chi connectivity index (χ2v) is 36.3. The van der Waals surface area contributed by atoms with Gasteiger partial charge in [-0.15, -0.1) is 0 Å². The number of hydrogen-bond donors (Lipinski definition) is 3. The first-order chi connectivity index (χ1) is 52.2. The first kappa shape index (κ1) is 106. The van der Waals surface area contributed by atoms with Crippen LogP contribution in [0.2, 0.25) is 0 Å². The van der Waals surface area contributed by atoms with Crippen molar-refractivity contribution < 1.29 is 80.2 Å². The van der Waals surface area contributed by atoms with Crippen molar-refractivity contribution in [2.24, 2.45) is 23.7 Å². The molecule has 0 radical (unpaired) electrons. The van der Waals surface area contributed by atoms with Crippen LogP contribution in [0.5, 0.6) is 0 Å². The van der Waals surface area contributed by atoms with Crippen molar-refractivity contribution >= 4 is 39.5 Å². The summed E-state index contributed by atoms with van der Waals surface area (Å²) in [6, 6.07) is 0. The molecule has 7 atom stereocenters. The van der Waals surface area contributed by atoms with Gasteiger partial charge in [-0.2, -0.15) is 0 Å². The van der Waals surface area contributed by atoms with Gasteiger partial charge in [0.25, 0.3) is 0 Å². The van der Waals surface area contributed by atoms with E-state index in [2.05, 4.69) is 55.4 Å². The number of unbranched alkanes of at least 4 members (excludes halogenated alkanes) is 50. The number of carbonyl (C=O) groups excluding carboxylic acids is 4. The molecule has 108 heavy (non-hydrogen) atoms. The fraction of sp³-hybridized carbons (Fsp3) is 0.955. The van der Waals surface area contributed by atoms with Gasteiger partial charge in [0.1, 0.15) is 19.3 Å². The number of rotatable bonds is 86. The van der Waals surface area contributed by atoms with Crippen LogP contribution in [-0.4, -0.2) is 96.7 Å². The molecule has 3 N–H and O–H groups in total. The van der Waals surface area contributed by atoms with E-state index in [-0.39, 0.29) is 25.7 Å². The number of hydrogen-bond acceptors (Lipinski definition) is 15. The molecular formula is C89H174O17P2. The Hall–Kier alpha value is -1.94. The predicted octanol–water partition coefficient (Wildman–Crippen LogP) is 27.1. The molecule has 0 aliphatic heterocycles. The van der Waals surface area contributed by atoms with E-state index in [0.29, 0.717) is 31.6 Å². The summed E-state index contributed by atoms with van der Waals surface area (Å²) in [5.41, 5.74) is 0. The van der Waals surface area contributed by atoms with Gasteiger partial charge in [0.05, 0.1) is 26.4 Å². The molecule has 19 heteroatoms. The lowest BCUT2D eigenvalue weighted by atomic mass is 9.99. The Balaban J connectivity index is 5.20. The quantitative estimate of drug-likeness (QED) is 0.0222. The molecule has 0 saturated carbocycles. The Morgan fingerprint density at radius 2 is 0.444 bits per heavy atom. The summed E-state index contributed by atoms with van der Waals surface area (Å²) in [5, 5.41) is 10.7. The largest absolute Gasteiger partial charge is 0.472 e. The summed E-state index contributed by atoms with van der Waals surface area (Å²) in [6.45, 7) is 14.4. The van der Waals surface area contributed by atoms with E-state index in [0.717, 1.165) is 114 Å². The Kier molecular flexibility index (Phi) is 76.2. The summed E-state index contributed by atoms with van der Waals surface area (Å²) < 4.78 is 68.9. The average Bonchev–Trinajstić information content (AvgIpc) is 0.899. The maximum Gasteiger partial charge on any atom is 0.472 e. The zero-order chi connectivity index (χ0) is 79.5. The van der Waals surface area contributed by atoms with Crippen molar-refractivity contribution in [2.75, 3.05) is 39.6 Å². The van der Waals surface area contributed by atoms with Gasteiger partial charge < -0.3 is 33.8 Å². The zero-order valence-corrected chi connectivity index (χ0v) is 73.3. The molecule has 0 fully saturated rings. The van der Waals surface area contributed by atoms with Gasteiger partial charge in [0.15, 0.2) is 12.2 Å². The fourth-order valence-corrected chi connectivity index (χ4v) is 15.4. The highest BCUT2D eigenvalue weighted by Crippen LogP contribution is 2.45. The summed E-state index contributed by atoms with van der Waals surface area (Å²) in [5.74, 6) is 1.09. The molecule has 0 bridgehead atoms. The van der Waals surface area contributed by atoms with Crippen molar-refractivity contribution in [2.45, 2.75) is 485 Å². The lowest BCUT2D eigenvalue weighted by Gasteiger charge is -2.21. The van der Waals surface area contributed by atoms with E-state index >= 15 is 0 Å². The second kappa shape index (κ2) is 77.6. The van der Waals surface area contributed by atoms with Gasteiger partial charge in [-0.05, 0) is 49.4 Å². The smallest absolute Gasteiger partial charge is 0.462 e. The van der Waals surface area contributed by atoms with Crippen LogP contribution >= 0.6 is 15.6 Å². The maximum absolute atomic E-state index is 13.2. The summed E-state index contributed by atoms with van der Waals surface area (Å²) in [7, 11) is -9.93. The number of ether oxygens (including phenoxy) is 4. The zero-order valence-electron chi connectivity index (χ0n) is 71.5. The molecule has 0 amide bonds. The van der Waals surface area contributed by atoms with E-state index < -0.39 is 97.5 Å². The minimum Gasteiger partial charge on any atom is -0.462 e. The molecule has 0 aromatic heterocycles. The molecule has 0 aliphatic rings. The van der Waals surface area contributed by atoms with E-state index in [1.807, 2.05) is 0 Å². The van der Waals surface area contributed by atoms with Crippen LogP contribution in [0.25, 0.3) is 0 Å². The van der Waals surface area contributed by atoms with Gasteiger partial charge in [-0.25, -0.2) is 9.13 Å². The Morgan fingerprint density at radius 1 is 0.259 bits per heavy atom. The van der Waals surface area contributed by atoms with Gasteiger partial charge in [0, 0.05) is 25.7 Å². The highest BCUT2D eigenvalue weighted by molar-refractivity contribution is 7.47. The molecule has 0 aromatic rings. The molecule has 0 aliphatic carbocycles. The molecular weight excluding hydrogens is 1400 g/mol. The number of esters is 4. The van der Waals surface area contributed by atoms with Crippen LogP contribution in [0.3, 0.4) is 0 Å².